The molecule has 0 aromatic carbocycles. The normalized spacial score (nSPS) is 31.6. The summed E-state index contributed by atoms with van der Waals surface area (Å²) in [7, 11) is 0. The number of azo groups is 1. The van der Waals surface area contributed by atoms with E-state index in [1.54, 1.807) is 6.20 Å². The lowest BCUT2D eigenvalue weighted by Crippen LogP contribution is -2.25. The standard InChI is InChI=1S/C8H14N2/c1-7(2)8(3)4-5-9-10-6-8/h4-5,7H,6H2,1-3H3. The van der Waals surface area contributed by atoms with Crippen molar-refractivity contribution in [2.24, 2.45) is 21.6 Å². The number of nitrogens with zero attached hydrogens (tertiary/aromatic N) is 2. The van der Waals surface area contributed by atoms with Crippen LogP contribution in [-0.4, -0.2) is 6.54 Å². The van der Waals surface area contributed by atoms with Crippen LogP contribution in [0.4, 0.5) is 0 Å². The Morgan fingerprint density at radius 1 is 1.50 bits per heavy atom. The van der Waals surface area contributed by atoms with Gasteiger partial charge in [-0.15, -0.1) is 0 Å². The van der Waals surface area contributed by atoms with Crippen molar-refractivity contribution < 1.29 is 0 Å². The molecule has 0 N–H and O–H groups in total. The predicted molar refractivity (Wildman–Crippen MR) is 41.8 cm³/mol. The SMILES string of the molecule is CC(C)C1(C)C=CN=NC1. The van der Waals surface area contributed by atoms with Gasteiger partial charge in [0.1, 0.15) is 0 Å². The average molecular weight is 138 g/mol. The molecule has 0 saturated carbocycles. The summed E-state index contributed by atoms with van der Waals surface area (Å²) in [5.41, 5.74) is 0.238. The third-order valence-corrected chi connectivity index (χ3v) is 2.33. The van der Waals surface area contributed by atoms with Gasteiger partial charge in [0.25, 0.3) is 0 Å². The van der Waals surface area contributed by atoms with Gasteiger partial charge >= 0.3 is 0 Å². The first-order valence-corrected chi connectivity index (χ1v) is 3.69. The van der Waals surface area contributed by atoms with Crippen molar-refractivity contribution in [2.75, 3.05) is 6.54 Å². The lowest BCUT2D eigenvalue weighted by atomic mass is 9.79. The van der Waals surface area contributed by atoms with Crippen molar-refractivity contribution in [3.05, 3.63) is 12.3 Å². The molecular weight excluding hydrogens is 124 g/mol. The van der Waals surface area contributed by atoms with Gasteiger partial charge in [-0.25, -0.2) is 0 Å². The molecule has 0 aliphatic carbocycles. The zero-order valence-corrected chi connectivity index (χ0v) is 6.83. The van der Waals surface area contributed by atoms with Crippen LogP contribution in [0.2, 0.25) is 0 Å². The van der Waals surface area contributed by atoms with Crippen LogP contribution in [-0.2, 0) is 0 Å². The maximum atomic E-state index is 3.99. The van der Waals surface area contributed by atoms with Crippen molar-refractivity contribution >= 4 is 0 Å². The second kappa shape index (κ2) is 2.52. The Morgan fingerprint density at radius 3 is 2.50 bits per heavy atom. The highest BCUT2D eigenvalue weighted by Crippen LogP contribution is 2.30. The average Bonchev–Trinajstić information content (AvgIpc) is 1.89. The fourth-order valence-electron chi connectivity index (χ4n) is 0.872. The molecule has 0 radical (unpaired) electrons. The Kier molecular flexibility index (Phi) is 1.88. The van der Waals surface area contributed by atoms with E-state index in [9.17, 15) is 0 Å². The van der Waals surface area contributed by atoms with Crippen molar-refractivity contribution in [1.82, 2.24) is 0 Å². The van der Waals surface area contributed by atoms with Crippen molar-refractivity contribution in [3.8, 4) is 0 Å². The monoisotopic (exact) mass is 138 g/mol. The zero-order chi connectivity index (χ0) is 7.61. The van der Waals surface area contributed by atoms with Gasteiger partial charge in [0.05, 0.1) is 6.54 Å². The van der Waals surface area contributed by atoms with Crippen molar-refractivity contribution in [3.63, 3.8) is 0 Å². The summed E-state index contributed by atoms with van der Waals surface area (Å²) in [4.78, 5) is 0. The van der Waals surface area contributed by atoms with Gasteiger partial charge in [-0.3, -0.25) is 0 Å². The molecule has 0 amide bonds. The minimum atomic E-state index is 0.238. The van der Waals surface area contributed by atoms with Crippen LogP contribution in [0.25, 0.3) is 0 Å². The molecule has 1 heterocycles. The number of rotatable bonds is 1. The Balaban J connectivity index is 2.70. The quantitative estimate of drug-likeness (QED) is 0.532. The first-order valence-electron chi connectivity index (χ1n) is 3.69. The van der Waals surface area contributed by atoms with Crippen molar-refractivity contribution in [1.29, 1.82) is 0 Å². The summed E-state index contributed by atoms with van der Waals surface area (Å²) in [6.45, 7) is 7.48. The van der Waals surface area contributed by atoms with Crippen LogP contribution >= 0.6 is 0 Å². The molecule has 1 aliphatic heterocycles. The van der Waals surface area contributed by atoms with Gasteiger partial charge in [-0.2, -0.15) is 10.2 Å². The molecule has 1 rings (SSSR count). The minimum Gasteiger partial charge on any atom is -0.188 e. The molecule has 0 aromatic rings. The van der Waals surface area contributed by atoms with Gasteiger partial charge in [0.15, 0.2) is 0 Å². The Morgan fingerprint density at radius 2 is 2.20 bits per heavy atom. The van der Waals surface area contributed by atoms with E-state index in [0.717, 1.165) is 6.54 Å². The minimum absolute atomic E-state index is 0.238. The molecule has 1 aliphatic rings. The lowest BCUT2D eigenvalue weighted by molar-refractivity contribution is 0.299. The van der Waals surface area contributed by atoms with Crippen LogP contribution in [0.5, 0.6) is 0 Å². The Bertz CT molecular complexity index is 170. The van der Waals surface area contributed by atoms with Gasteiger partial charge in [0.2, 0.25) is 0 Å². The molecule has 56 valence electrons. The van der Waals surface area contributed by atoms with Gasteiger partial charge in [-0.05, 0) is 5.92 Å². The Hall–Kier alpha value is -0.660. The van der Waals surface area contributed by atoms with Gasteiger partial charge in [0, 0.05) is 11.6 Å². The van der Waals surface area contributed by atoms with Crippen LogP contribution in [0, 0.1) is 11.3 Å². The third kappa shape index (κ3) is 1.25. The first kappa shape index (κ1) is 7.45. The number of hydrogen-bond acceptors (Lipinski definition) is 2. The molecule has 1 unspecified atom stereocenters. The predicted octanol–water partition coefficient (Wildman–Crippen LogP) is 2.63. The summed E-state index contributed by atoms with van der Waals surface area (Å²) in [5, 5.41) is 7.79. The van der Waals surface area contributed by atoms with E-state index < -0.39 is 0 Å². The summed E-state index contributed by atoms with van der Waals surface area (Å²) in [6, 6.07) is 0. The molecule has 0 fully saturated rings. The molecule has 2 nitrogen and oxygen atoms in total. The highest BCUT2D eigenvalue weighted by molar-refractivity contribution is 5.01. The van der Waals surface area contributed by atoms with Gasteiger partial charge < -0.3 is 0 Å². The summed E-state index contributed by atoms with van der Waals surface area (Å²) in [6.07, 6.45) is 3.94. The first-order chi connectivity index (χ1) is 4.65. The number of hydrogen-bond donors (Lipinski definition) is 0. The molecule has 2 heteroatoms. The third-order valence-electron chi connectivity index (χ3n) is 2.33. The van der Waals surface area contributed by atoms with E-state index in [4.69, 9.17) is 0 Å². The maximum absolute atomic E-state index is 3.99. The molecule has 0 aromatic heterocycles. The Labute approximate surface area is 62.0 Å². The van der Waals surface area contributed by atoms with E-state index in [2.05, 4.69) is 37.1 Å². The summed E-state index contributed by atoms with van der Waals surface area (Å²) in [5.74, 6) is 0.642. The van der Waals surface area contributed by atoms with Gasteiger partial charge in [-0.1, -0.05) is 26.8 Å². The van der Waals surface area contributed by atoms with E-state index >= 15 is 0 Å². The van der Waals surface area contributed by atoms with Crippen LogP contribution in [0.3, 0.4) is 0 Å². The molecule has 0 bridgehead atoms. The molecule has 10 heavy (non-hydrogen) atoms. The summed E-state index contributed by atoms with van der Waals surface area (Å²) >= 11 is 0. The van der Waals surface area contributed by atoms with E-state index in [1.807, 2.05) is 0 Å². The molecule has 0 spiro atoms. The van der Waals surface area contributed by atoms with Crippen molar-refractivity contribution in [2.45, 2.75) is 20.8 Å². The maximum Gasteiger partial charge on any atom is 0.0694 e. The lowest BCUT2D eigenvalue weighted by Gasteiger charge is -2.28. The highest BCUT2D eigenvalue weighted by atomic mass is 15.1. The fraction of sp³-hybridized carbons (Fsp3) is 0.750. The fourth-order valence-corrected chi connectivity index (χ4v) is 0.872. The second-order valence-electron chi connectivity index (χ2n) is 3.39. The smallest absolute Gasteiger partial charge is 0.0694 e. The van der Waals surface area contributed by atoms with Crippen LogP contribution in [0.15, 0.2) is 22.5 Å². The van der Waals surface area contributed by atoms with E-state index in [0.29, 0.717) is 5.92 Å². The largest absolute Gasteiger partial charge is 0.188 e. The molecule has 0 saturated heterocycles. The summed E-state index contributed by atoms with van der Waals surface area (Å²) < 4.78 is 0. The highest BCUT2D eigenvalue weighted by Gasteiger charge is 2.26. The molecular formula is C8H14N2. The second-order valence-corrected chi connectivity index (χ2v) is 3.39. The van der Waals surface area contributed by atoms with Crippen LogP contribution in [0.1, 0.15) is 20.8 Å². The van der Waals surface area contributed by atoms with Crippen LogP contribution < -0.4 is 0 Å². The van der Waals surface area contributed by atoms with E-state index in [1.165, 1.54) is 0 Å². The van der Waals surface area contributed by atoms with E-state index in [-0.39, 0.29) is 5.41 Å². The topological polar surface area (TPSA) is 24.7 Å². The molecule has 1 atom stereocenters. The zero-order valence-electron chi connectivity index (χ0n) is 6.83.